The maximum atomic E-state index is 12.2. The van der Waals surface area contributed by atoms with Gasteiger partial charge >= 0.3 is 0 Å². The van der Waals surface area contributed by atoms with Crippen molar-refractivity contribution in [2.75, 3.05) is 7.11 Å². The molecule has 1 aliphatic rings. The van der Waals surface area contributed by atoms with Gasteiger partial charge in [0.15, 0.2) is 11.5 Å². The number of hydrogen-bond acceptors (Lipinski definition) is 3. The first-order valence-corrected chi connectivity index (χ1v) is 6.86. The Bertz CT molecular complexity index is 761. The molecule has 0 aliphatic carbocycles. The standard InChI is InChI=1S/C18H15NO3/c1-22-17(13-10-6-3-7-11-13)15-16(20)14(18(21)19-15)12-8-4-2-5-9-12/h2-11,20H,1H3,(H,19,21)/b17-15-. The Morgan fingerprint density at radius 1 is 1.00 bits per heavy atom. The summed E-state index contributed by atoms with van der Waals surface area (Å²) in [5, 5.41) is 13.2. The van der Waals surface area contributed by atoms with Gasteiger partial charge < -0.3 is 15.2 Å². The smallest absolute Gasteiger partial charge is 0.260 e. The first-order chi connectivity index (χ1) is 10.7. The summed E-state index contributed by atoms with van der Waals surface area (Å²) < 4.78 is 5.39. The summed E-state index contributed by atoms with van der Waals surface area (Å²) >= 11 is 0. The van der Waals surface area contributed by atoms with Gasteiger partial charge in [-0.2, -0.15) is 0 Å². The van der Waals surface area contributed by atoms with Gasteiger partial charge in [-0.3, -0.25) is 4.79 Å². The quantitative estimate of drug-likeness (QED) is 0.855. The summed E-state index contributed by atoms with van der Waals surface area (Å²) in [5.74, 6) is -0.0153. The molecule has 2 aromatic carbocycles. The van der Waals surface area contributed by atoms with Crippen LogP contribution in [-0.4, -0.2) is 18.1 Å². The van der Waals surface area contributed by atoms with E-state index in [0.29, 0.717) is 11.3 Å². The van der Waals surface area contributed by atoms with Crippen LogP contribution in [0.4, 0.5) is 0 Å². The van der Waals surface area contributed by atoms with Crippen LogP contribution in [0.1, 0.15) is 11.1 Å². The molecular weight excluding hydrogens is 278 g/mol. The minimum atomic E-state index is -0.343. The number of rotatable bonds is 3. The van der Waals surface area contributed by atoms with Gasteiger partial charge in [-0.25, -0.2) is 0 Å². The molecule has 110 valence electrons. The predicted molar refractivity (Wildman–Crippen MR) is 84.5 cm³/mol. The molecule has 4 nitrogen and oxygen atoms in total. The van der Waals surface area contributed by atoms with Crippen LogP contribution in [0.25, 0.3) is 11.3 Å². The minimum absolute atomic E-state index is 0.100. The summed E-state index contributed by atoms with van der Waals surface area (Å²) in [4.78, 5) is 12.2. The second-order valence-electron chi connectivity index (χ2n) is 4.82. The molecule has 2 N–H and O–H groups in total. The molecule has 0 radical (unpaired) electrons. The lowest BCUT2D eigenvalue weighted by atomic mass is 10.0. The lowest BCUT2D eigenvalue weighted by Gasteiger charge is -2.10. The van der Waals surface area contributed by atoms with E-state index in [0.717, 1.165) is 5.56 Å². The van der Waals surface area contributed by atoms with Gasteiger partial charge in [0.1, 0.15) is 5.70 Å². The van der Waals surface area contributed by atoms with Crippen molar-refractivity contribution in [1.82, 2.24) is 5.32 Å². The van der Waals surface area contributed by atoms with Crippen molar-refractivity contribution < 1.29 is 14.6 Å². The van der Waals surface area contributed by atoms with E-state index in [1.807, 2.05) is 48.5 Å². The molecule has 2 aromatic rings. The molecule has 22 heavy (non-hydrogen) atoms. The summed E-state index contributed by atoms with van der Waals surface area (Å²) in [5.41, 5.74) is 1.98. The van der Waals surface area contributed by atoms with Crippen LogP contribution < -0.4 is 5.32 Å². The van der Waals surface area contributed by atoms with Crippen molar-refractivity contribution in [2.24, 2.45) is 0 Å². The number of carbonyl (C=O) groups is 1. The number of amides is 1. The van der Waals surface area contributed by atoms with Crippen molar-refractivity contribution in [3.05, 3.63) is 83.2 Å². The van der Waals surface area contributed by atoms with Gasteiger partial charge in [-0.15, -0.1) is 0 Å². The van der Waals surface area contributed by atoms with E-state index in [2.05, 4.69) is 5.32 Å². The number of aliphatic hydroxyl groups excluding tert-OH is 1. The molecule has 0 saturated carbocycles. The Morgan fingerprint density at radius 2 is 1.59 bits per heavy atom. The van der Waals surface area contributed by atoms with E-state index in [9.17, 15) is 9.90 Å². The summed E-state index contributed by atoms with van der Waals surface area (Å²) in [6, 6.07) is 18.4. The molecule has 1 aliphatic heterocycles. The topological polar surface area (TPSA) is 58.6 Å². The lowest BCUT2D eigenvalue weighted by Crippen LogP contribution is -2.17. The zero-order valence-electron chi connectivity index (χ0n) is 12.0. The Labute approximate surface area is 128 Å². The van der Waals surface area contributed by atoms with Crippen molar-refractivity contribution in [3.63, 3.8) is 0 Å². The number of ether oxygens (including phenoxy) is 1. The Balaban J connectivity index is 2.15. The molecule has 1 heterocycles. The maximum absolute atomic E-state index is 12.2. The second kappa shape index (κ2) is 5.77. The van der Waals surface area contributed by atoms with E-state index in [1.54, 1.807) is 12.1 Å². The van der Waals surface area contributed by atoms with Gasteiger partial charge in [0.05, 0.1) is 12.7 Å². The number of hydrogen-bond donors (Lipinski definition) is 2. The molecule has 0 spiro atoms. The predicted octanol–water partition coefficient (Wildman–Crippen LogP) is 3.10. The number of nitrogens with one attached hydrogen (secondary N) is 1. The van der Waals surface area contributed by atoms with Gasteiger partial charge in [0, 0.05) is 5.56 Å². The molecule has 0 fully saturated rings. The average Bonchev–Trinajstić information content (AvgIpc) is 2.85. The molecule has 4 heteroatoms. The van der Waals surface area contributed by atoms with E-state index in [1.165, 1.54) is 7.11 Å². The van der Waals surface area contributed by atoms with E-state index < -0.39 is 0 Å². The molecular formula is C18H15NO3. The van der Waals surface area contributed by atoms with E-state index >= 15 is 0 Å². The summed E-state index contributed by atoms with van der Waals surface area (Å²) in [6.45, 7) is 0. The highest BCUT2D eigenvalue weighted by atomic mass is 16.5. The third-order valence-corrected chi connectivity index (χ3v) is 3.47. The Morgan fingerprint density at radius 3 is 2.18 bits per heavy atom. The lowest BCUT2D eigenvalue weighted by molar-refractivity contribution is -0.114. The van der Waals surface area contributed by atoms with Crippen molar-refractivity contribution in [2.45, 2.75) is 0 Å². The van der Waals surface area contributed by atoms with Gasteiger partial charge in [0.2, 0.25) is 0 Å². The largest absolute Gasteiger partial charge is 0.505 e. The molecule has 0 unspecified atom stereocenters. The highest BCUT2D eigenvalue weighted by Crippen LogP contribution is 2.32. The van der Waals surface area contributed by atoms with Crippen LogP contribution in [0.2, 0.25) is 0 Å². The fourth-order valence-electron chi connectivity index (χ4n) is 2.46. The van der Waals surface area contributed by atoms with Crippen molar-refractivity contribution >= 4 is 17.2 Å². The van der Waals surface area contributed by atoms with Crippen molar-refractivity contribution in [3.8, 4) is 0 Å². The monoisotopic (exact) mass is 293 g/mol. The Hall–Kier alpha value is -3.01. The zero-order chi connectivity index (χ0) is 15.5. The van der Waals surface area contributed by atoms with E-state index in [-0.39, 0.29) is 22.9 Å². The normalized spacial score (nSPS) is 16.5. The van der Waals surface area contributed by atoms with Crippen LogP contribution in [0.15, 0.2) is 72.1 Å². The second-order valence-corrected chi connectivity index (χ2v) is 4.82. The first kappa shape index (κ1) is 13.9. The molecule has 0 aromatic heterocycles. The van der Waals surface area contributed by atoms with Crippen LogP contribution in [0.5, 0.6) is 0 Å². The fourth-order valence-corrected chi connectivity index (χ4v) is 2.46. The van der Waals surface area contributed by atoms with Gasteiger partial charge in [-0.05, 0) is 5.56 Å². The fraction of sp³-hybridized carbons (Fsp3) is 0.0556. The third-order valence-electron chi connectivity index (χ3n) is 3.47. The highest BCUT2D eigenvalue weighted by Gasteiger charge is 2.31. The van der Waals surface area contributed by atoms with Gasteiger partial charge in [0.25, 0.3) is 5.91 Å². The number of aliphatic hydroxyl groups is 1. The number of benzene rings is 2. The number of methoxy groups -OCH3 is 1. The Kier molecular flexibility index (Phi) is 3.66. The van der Waals surface area contributed by atoms with Crippen LogP contribution >= 0.6 is 0 Å². The average molecular weight is 293 g/mol. The van der Waals surface area contributed by atoms with E-state index in [4.69, 9.17) is 4.74 Å². The van der Waals surface area contributed by atoms with Crippen LogP contribution in [-0.2, 0) is 9.53 Å². The first-order valence-electron chi connectivity index (χ1n) is 6.86. The SMILES string of the molecule is CO/C(=C1\NC(=O)C(c2ccccc2)=C1O)c1ccccc1. The van der Waals surface area contributed by atoms with Crippen LogP contribution in [0.3, 0.4) is 0 Å². The summed E-state index contributed by atoms with van der Waals surface area (Å²) in [7, 11) is 1.51. The van der Waals surface area contributed by atoms with Crippen LogP contribution in [0, 0.1) is 0 Å². The molecule has 0 atom stereocenters. The maximum Gasteiger partial charge on any atom is 0.260 e. The number of carbonyl (C=O) groups excluding carboxylic acids is 1. The molecule has 0 saturated heterocycles. The zero-order valence-corrected chi connectivity index (χ0v) is 12.0. The minimum Gasteiger partial charge on any atom is -0.505 e. The highest BCUT2D eigenvalue weighted by molar-refractivity contribution is 6.24. The molecule has 1 amide bonds. The molecule has 3 rings (SSSR count). The van der Waals surface area contributed by atoms with Crippen molar-refractivity contribution in [1.29, 1.82) is 0 Å². The molecule has 0 bridgehead atoms. The summed E-state index contributed by atoms with van der Waals surface area (Å²) in [6.07, 6.45) is 0. The van der Waals surface area contributed by atoms with Gasteiger partial charge in [-0.1, -0.05) is 60.7 Å². The third kappa shape index (κ3) is 2.35.